The number of esters is 1. The van der Waals surface area contributed by atoms with Gasteiger partial charge in [0.05, 0.1) is 12.7 Å². The number of carbonyl (C=O) groups is 1. The van der Waals surface area contributed by atoms with Crippen LogP contribution in [0.3, 0.4) is 0 Å². The first-order chi connectivity index (χ1) is 14.5. The number of nitrogens with zero attached hydrogens (tertiary/aromatic N) is 2. The van der Waals surface area contributed by atoms with Crippen LogP contribution in [0.2, 0.25) is 0 Å². The molecule has 0 spiro atoms. The molecule has 6 nitrogen and oxygen atoms in total. The van der Waals surface area contributed by atoms with E-state index in [1.54, 1.807) is 23.5 Å². The molecule has 1 aliphatic carbocycles. The van der Waals surface area contributed by atoms with Gasteiger partial charge in [0, 0.05) is 36.7 Å². The second-order valence-corrected chi connectivity index (χ2v) is 9.46. The minimum Gasteiger partial charge on any atom is -0.508 e. The molecule has 0 amide bonds. The van der Waals surface area contributed by atoms with E-state index in [4.69, 9.17) is 17.0 Å². The van der Waals surface area contributed by atoms with Crippen molar-refractivity contribution in [3.8, 4) is 5.75 Å². The average Bonchev–Trinajstić information content (AvgIpc) is 3.10. The topological polar surface area (TPSA) is 65.0 Å². The fraction of sp³-hybridized carbons (Fsp3) is 0.455. The lowest BCUT2D eigenvalue weighted by Crippen LogP contribution is -2.50. The highest BCUT2D eigenvalue weighted by Gasteiger charge is 2.29. The van der Waals surface area contributed by atoms with Crippen LogP contribution in [0.5, 0.6) is 5.75 Å². The first-order valence-corrected chi connectivity index (χ1v) is 11.5. The number of ether oxygens (including phenoxy) is 1. The summed E-state index contributed by atoms with van der Waals surface area (Å²) >= 11 is 7.33. The van der Waals surface area contributed by atoms with Crippen LogP contribution < -0.4 is 10.2 Å². The number of thiocarbonyl (C=S) groups is 1. The number of phenols is 1. The van der Waals surface area contributed by atoms with Crippen molar-refractivity contribution in [3.05, 3.63) is 40.3 Å². The molecule has 1 atom stereocenters. The van der Waals surface area contributed by atoms with Crippen molar-refractivity contribution >= 4 is 45.3 Å². The van der Waals surface area contributed by atoms with Crippen molar-refractivity contribution in [2.75, 3.05) is 43.5 Å². The molecule has 0 bridgehead atoms. The number of nitrogens with one attached hydrogen (secondary N) is 1. The monoisotopic (exact) mass is 445 g/mol. The number of thiophene rings is 1. The zero-order chi connectivity index (χ0) is 21.3. The summed E-state index contributed by atoms with van der Waals surface area (Å²) in [7, 11) is 1.43. The fourth-order valence-corrected chi connectivity index (χ4v) is 5.91. The molecule has 1 fully saturated rings. The van der Waals surface area contributed by atoms with Gasteiger partial charge in [-0.2, -0.15) is 0 Å². The third-order valence-corrected chi connectivity index (χ3v) is 7.43. The number of aromatic hydroxyl groups is 1. The predicted molar refractivity (Wildman–Crippen MR) is 125 cm³/mol. The minimum atomic E-state index is -0.287. The molecule has 160 valence electrons. The standard InChI is InChI=1S/C22H27N3O3S2/c1-14-3-8-17-18(13-14)30-20(19(17)21(27)28-2)23-22(29)25-11-9-24(10-12-25)15-4-6-16(26)7-5-15/h4-7,14,26H,3,8-13H2,1-2H3,(H,23,29)/t14-/m1/s1. The van der Waals surface area contributed by atoms with Crippen LogP contribution in [-0.4, -0.2) is 54.4 Å². The van der Waals surface area contributed by atoms with Crippen molar-refractivity contribution in [2.45, 2.75) is 26.2 Å². The number of fused-ring (bicyclic) bond motifs is 1. The largest absolute Gasteiger partial charge is 0.508 e. The molecular weight excluding hydrogens is 418 g/mol. The molecule has 1 aromatic heterocycles. The molecule has 4 rings (SSSR count). The van der Waals surface area contributed by atoms with Gasteiger partial charge in [-0.25, -0.2) is 4.79 Å². The van der Waals surface area contributed by atoms with E-state index in [-0.39, 0.29) is 11.7 Å². The molecule has 8 heteroatoms. The number of anilines is 2. The minimum absolute atomic E-state index is 0.275. The lowest BCUT2D eigenvalue weighted by Gasteiger charge is -2.37. The summed E-state index contributed by atoms with van der Waals surface area (Å²) < 4.78 is 5.07. The number of methoxy groups -OCH3 is 1. The summed E-state index contributed by atoms with van der Waals surface area (Å²) in [6, 6.07) is 7.28. The average molecular weight is 446 g/mol. The highest BCUT2D eigenvalue weighted by Crippen LogP contribution is 2.40. The predicted octanol–water partition coefficient (Wildman–Crippen LogP) is 3.88. The van der Waals surface area contributed by atoms with Gasteiger partial charge in [0.15, 0.2) is 5.11 Å². The third-order valence-electron chi connectivity index (χ3n) is 5.90. The molecule has 0 saturated carbocycles. The number of piperazine rings is 1. The summed E-state index contributed by atoms with van der Waals surface area (Å²) in [5, 5.41) is 14.3. The molecule has 1 saturated heterocycles. The zero-order valence-electron chi connectivity index (χ0n) is 17.3. The lowest BCUT2D eigenvalue weighted by atomic mass is 9.88. The summed E-state index contributed by atoms with van der Waals surface area (Å²) in [4.78, 5) is 18.2. The van der Waals surface area contributed by atoms with Gasteiger partial charge in [0.25, 0.3) is 0 Å². The molecule has 2 heterocycles. The van der Waals surface area contributed by atoms with Gasteiger partial charge in [-0.1, -0.05) is 6.92 Å². The Labute approximate surface area is 186 Å². The Bertz CT molecular complexity index is 934. The van der Waals surface area contributed by atoms with Crippen LogP contribution in [0.25, 0.3) is 0 Å². The van der Waals surface area contributed by atoms with Crippen LogP contribution >= 0.6 is 23.6 Å². The fourth-order valence-electron chi connectivity index (χ4n) is 4.16. The zero-order valence-corrected chi connectivity index (χ0v) is 18.9. The number of benzene rings is 1. The van der Waals surface area contributed by atoms with Crippen molar-refractivity contribution in [3.63, 3.8) is 0 Å². The normalized spacial score (nSPS) is 18.7. The molecule has 0 radical (unpaired) electrons. The number of hydrogen-bond acceptors (Lipinski definition) is 6. The van der Waals surface area contributed by atoms with E-state index in [0.29, 0.717) is 16.6 Å². The summed E-state index contributed by atoms with van der Waals surface area (Å²) in [5.41, 5.74) is 2.89. The number of rotatable bonds is 3. The van der Waals surface area contributed by atoms with Gasteiger partial charge in [0.1, 0.15) is 10.8 Å². The summed E-state index contributed by atoms with van der Waals surface area (Å²) in [6.45, 7) is 5.53. The summed E-state index contributed by atoms with van der Waals surface area (Å²) in [5.74, 6) is 0.621. The summed E-state index contributed by atoms with van der Waals surface area (Å²) in [6.07, 6.45) is 3.01. The van der Waals surface area contributed by atoms with Crippen molar-refractivity contribution in [1.82, 2.24) is 4.90 Å². The van der Waals surface area contributed by atoms with Crippen LogP contribution in [-0.2, 0) is 17.6 Å². The number of carbonyl (C=O) groups excluding carboxylic acids is 1. The van der Waals surface area contributed by atoms with Gasteiger partial charge in [-0.15, -0.1) is 11.3 Å². The van der Waals surface area contributed by atoms with E-state index < -0.39 is 0 Å². The maximum absolute atomic E-state index is 12.5. The Hall–Kier alpha value is -2.32. The third kappa shape index (κ3) is 4.25. The van der Waals surface area contributed by atoms with Crippen LogP contribution in [0, 0.1) is 5.92 Å². The maximum atomic E-state index is 12.5. The van der Waals surface area contributed by atoms with E-state index >= 15 is 0 Å². The van der Waals surface area contributed by atoms with E-state index in [1.165, 1.54) is 12.0 Å². The molecule has 1 aliphatic heterocycles. The molecular formula is C22H27N3O3S2. The van der Waals surface area contributed by atoms with Gasteiger partial charge >= 0.3 is 5.97 Å². The quantitative estimate of drug-likeness (QED) is 0.549. The SMILES string of the molecule is COC(=O)c1c(NC(=S)N2CCN(c3ccc(O)cc3)CC2)sc2c1CC[C@@H](C)C2. The molecule has 0 unspecified atom stereocenters. The molecule has 2 N–H and O–H groups in total. The Morgan fingerprint density at radius 3 is 2.60 bits per heavy atom. The van der Waals surface area contributed by atoms with Gasteiger partial charge in [0.2, 0.25) is 0 Å². The first-order valence-electron chi connectivity index (χ1n) is 10.3. The Morgan fingerprint density at radius 2 is 1.93 bits per heavy atom. The van der Waals surface area contributed by atoms with Crippen molar-refractivity contribution in [2.24, 2.45) is 5.92 Å². The molecule has 30 heavy (non-hydrogen) atoms. The van der Waals surface area contributed by atoms with E-state index in [2.05, 4.69) is 22.0 Å². The number of hydrogen-bond donors (Lipinski definition) is 2. The van der Waals surface area contributed by atoms with Crippen LogP contribution in [0.1, 0.15) is 34.1 Å². The molecule has 2 aromatic rings. The second-order valence-electron chi connectivity index (χ2n) is 7.97. The maximum Gasteiger partial charge on any atom is 0.341 e. The van der Waals surface area contributed by atoms with E-state index in [1.807, 2.05) is 12.1 Å². The highest BCUT2D eigenvalue weighted by molar-refractivity contribution is 7.80. The van der Waals surface area contributed by atoms with Crippen molar-refractivity contribution in [1.29, 1.82) is 0 Å². The Kier molecular flexibility index (Phi) is 6.15. The van der Waals surface area contributed by atoms with Crippen LogP contribution in [0.4, 0.5) is 10.7 Å². The Balaban J connectivity index is 1.44. The van der Waals surface area contributed by atoms with Gasteiger partial charge < -0.3 is 25.0 Å². The number of phenolic OH excluding ortho intramolecular Hbond substituents is 1. The smallest absolute Gasteiger partial charge is 0.341 e. The molecule has 2 aliphatic rings. The van der Waals surface area contributed by atoms with Gasteiger partial charge in [-0.05, 0) is 67.2 Å². The molecule has 1 aromatic carbocycles. The van der Waals surface area contributed by atoms with Crippen LogP contribution in [0.15, 0.2) is 24.3 Å². The van der Waals surface area contributed by atoms with E-state index in [0.717, 1.165) is 61.7 Å². The van der Waals surface area contributed by atoms with Crippen molar-refractivity contribution < 1.29 is 14.6 Å². The van der Waals surface area contributed by atoms with Gasteiger partial charge in [-0.3, -0.25) is 0 Å². The lowest BCUT2D eigenvalue weighted by molar-refractivity contribution is 0.0601. The Morgan fingerprint density at radius 1 is 1.23 bits per heavy atom. The highest BCUT2D eigenvalue weighted by atomic mass is 32.1. The second kappa shape index (κ2) is 8.81. The first kappa shape index (κ1) is 20.9. The van der Waals surface area contributed by atoms with E-state index in [9.17, 15) is 9.90 Å².